The van der Waals surface area contributed by atoms with Crippen LogP contribution in [0, 0.1) is 0 Å². The topological polar surface area (TPSA) is 97.7 Å². The molecule has 1 fully saturated rings. The van der Waals surface area contributed by atoms with E-state index < -0.39 is 5.56 Å². The summed E-state index contributed by atoms with van der Waals surface area (Å²) in [5.41, 5.74) is 1.12. The molecule has 0 bridgehead atoms. The number of ether oxygens (including phenoxy) is 2. The van der Waals surface area contributed by atoms with Crippen LogP contribution >= 0.6 is 23.2 Å². The standard InChI is InChI=1S/C29H27Cl2N5O4/c30-21-5-2-8-24(17-21)36-29(38)27(26(19-33-36)40-25-9-3-6-22(31)18-25)34-23-7-1-4-20(16-23)28(37)32-10-11-35-12-14-39-15-13-35/h1-9,16-19,34H,10-15H2,(H,32,37). The first-order valence-electron chi connectivity index (χ1n) is 12.7. The van der Waals surface area contributed by atoms with Gasteiger partial charge in [-0.3, -0.25) is 14.5 Å². The molecule has 0 atom stereocenters. The number of amides is 1. The molecule has 4 aromatic rings. The van der Waals surface area contributed by atoms with Gasteiger partial charge in [-0.25, -0.2) is 0 Å². The molecule has 5 rings (SSSR count). The van der Waals surface area contributed by atoms with E-state index in [1.165, 1.54) is 10.9 Å². The second-order valence-corrected chi connectivity index (χ2v) is 9.93. The number of hydrogen-bond donors (Lipinski definition) is 2. The third-order valence-electron chi connectivity index (χ3n) is 6.23. The summed E-state index contributed by atoms with van der Waals surface area (Å²) in [5.74, 6) is 0.412. The summed E-state index contributed by atoms with van der Waals surface area (Å²) in [6, 6.07) is 20.5. The predicted octanol–water partition coefficient (Wildman–Crippen LogP) is 5.14. The molecule has 0 saturated carbocycles. The largest absolute Gasteiger partial charge is 0.453 e. The van der Waals surface area contributed by atoms with Crippen LogP contribution < -0.4 is 20.9 Å². The Kier molecular flexibility index (Phi) is 8.98. The Morgan fingerprint density at radius 1 is 0.975 bits per heavy atom. The van der Waals surface area contributed by atoms with E-state index in [9.17, 15) is 9.59 Å². The van der Waals surface area contributed by atoms with Gasteiger partial charge in [0.25, 0.3) is 11.5 Å². The maximum Gasteiger partial charge on any atom is 0.299 e. The van der Waals surface area contributed by atoms with Gasteiger partial charge in [-0.05, 0) is 54.6 Å². The first kappa shape index (κ1) is 27.7. The molecule has 1 saturated heterocycles. The monoisotopic (exact) mass is 579 g/mol. The van der Waals surface area contributed by atoms with E-state index in [1.54, 1.807) is 72.8 Å². The summed E-state index contributed by atoms with van der Waals surface area (Å²) in [4.78, 5) is 28.8. The van der Waals surface area contributed by atoms with Gasteiger partial charge in [0.2, 0.25) is 0 Å². The number of rotatable bonds is 9. The zero-order valence-corrected chi connectivity index (χ0v) is 23.0. The van der Waals surface area contributed by atoms with Crippen LogP contribution in [0.1, 0.15) is 10.4 Å². The Morgan fingerprint density at radius 3 is 2.50 bits per heavy atom. The Morgan fingerprint density at radius 2 is 1.73 bits per heavy atom. The molecule has 1 aliphatic heterocycles. The molecule has 11 heteroatoms. The highest BCUT2D eigenvalue weighted by atomic mass is 35.5. The van der Waals surface area contributed by atoms with Crippen LogP contribution in [-0.2, 0) is 4.74 Å². The van der Waals surface area contributed by atoms with Gasteiger partial charge in [0.05, 0.1) is 25.1 Å². The van der Waals surface area contributed by atoms with Crippen molar-refractivity contribution in [3.8, 4) is 17.2 Å². The second kappa shape index (κ2) is 13.0. The number of benzene rings is 3. The fourth-order valence-corrected chi connectivity index (χ4v) is 4.58. The van der Waals surface area contributed by atoms with Crippen molar-refractivity contribution in [2.24, 2.45) is 0 Å². The number of carbonyl (C=O) groups is 1. The van der Waals surface area contributed by atoms with Crippen molar-refractivity contribution in [1.82, 2.24) is 20.0 Å². The van der Waals surface area contributed by atoms with Crippen LogP contribution in [-0.4, -0.2) is 60.0 Å². The molecular formula is C29H27Cl2N5O4. The van der Waals surface area contributed by atoms with E-state index in [1.807, 2.05) is 0 Å². The number of halogens is 2. The number of nitrogens with zero attached hydrogens (tertiary/aromatic N) is 3. The quantitative estimate of drug-likeness (QED) is 0.283. The van der Waals surface area contributed by atoms with Crippen molar-refractivity contribution in [2.45, 2.75) is 0 Å². The van der Waals surface area contributed by atoms with Crippen molar-refractivity contribution in [1.29, 1.82) is 0 Å². The normalized spacial score (nSPS) is 13.6. The predicted molar refractivity (Wildman–Crippen MR) is 156 cm³/mol. The number of anilines is 2. The number of morpholine rings is 1. The highest BCUT2D eigenvalue weighted by molar-refractivity contribution is 6.31. The molecule has 0 radical (unpaired) electrons. The van der Waals surface area contributed by atoms with Crippen molar-refractivity contribution in [2.75, 3.05) is 44.7 Å². The molecule has 2 N–H and O–H groups in total. The van der Waals surface area contributed by atoms with Gasteiger partial charge in [-0.15, -0.1) is 0 Å². The van der Waals surface area contributed by atoms with Crippen molar-refractivity contribution < 1.29 is 14.3 Å². The van der Waals surface area contributed by atoms with E-state index in [0.717, 1.165) is 19.6 Å². The van der Waals surface area contributed by atoms with Crippen LogP contribution in [0.2, 0.25) is 10.0 Å². The molecule has 9 nitrogen and oxygen atoms in total. The van der Waals surface area contributed by atoms with Crippen molar-refractivity contribution in [3.05, 3.63) is 105 Å². The SMILES string of the molecule is O=C(NCCN1CCOCC1)c1cccc(Nc2c(Oc3cccc(Cl)c3)cnn(-c3cccc(Cl)c3)c2=O)c1. The third-order valence-corrected chi connectivity index (χ3v) is 6.70. The molecule has 0 aliphatic carbocycles. The van der Waals surface area contributed by atoms with E-state index in [0.29, 0.717) is 52.5 Å². The first-order chi connectivity index (χ1) is 19.5. The molecule has 1 aliphatic rings. The van der Waals surface area contributed by atoms with Gasteiger partial charge in [-0.1, -0.05) is 41.4 Å². The molecule has 1 aromatic heterocycles. The number of hydrogen-bond acceptors (Lipinski definition) is 7. The Balaban J connectivity index is 1.40. The van der Waals surface area contributed by atoms with Crippen LogP contribution in [0.4, 0.5) is 11.4 Å². The van der Waals surface area contributed by atoms with Gasteiger partial charge >= 0.3 is 0 Å². The lowest BCUT2D eigenvalue weighted by atomic mass is 10.2. The summed E-state index contributed by atoms with van der Waals surface area (Å²) in [5, 5.41) is 11.3. The van der Waals surface area contributed by atoms with Crippen LogP contribution in [0.5, 0.6) is 11.5 Å². The third kappa shape index (κ3) is 7.00. The minimum atomic E-state index is -0.470. The Labute approximate surface area is 241 Å². The lowest BCUT2D eigenvalue weighted by Crippen LogP contribution is -2.41. The fraction of sp³-hybridized carbons (Fsp3) is 0.207. The smallest absolute Gasteiger partial charge is 0.299 e. The molecule has 40 heavy (non-hydrogen) atoms. The highest BCUT2D eigenvalue weighted by Crippen LogP contribution is 2.30. The summed E-state index contributed by atoms with van der Waals surface area (Å²) < 4.78 is 12.6. The number of aromatic nitrogens is 2. The van der Waals surface area contributed by atoms with E-state index in [-0.39, 0.29) is 17.3 Å². The minimum absolute atomic E-state index is 0.125. The summed E-state index contributed by atoms with van der Waals surface area (Å²) >= 11 is 12.3. The second-order valence-electron chi connectivity index (χ2n) is 9.06. The zero-order valence-electron chi connectivity index (χ0n) is 21.5. The average molecular weight is 580 g/mol. The van der Waals surface area contributed by atoms with Crippen LogP contribution in [0.15, 0.2) is 83.8 Å². The van der Waals surface area contributed by atoms with Gasteiger partial charge in [-0.2, -0.15) is 9.78 Å². The molecule has 3 aromatic carbocycles. The van der Waals surface area contributed by atoms with Crippen LogP contribution in [0.25, 0.3) is 5.69 Å². The number of carbonyl (C=O) groups excluding carboxylic acids is 1. The fourth-order valence-electron chi connectivity index (χ4n) is 4.22. The summed E-state index contributed by atoms with van der Waals surface area (Å²) in [6.07, 6.45) is 1.44. The number of nitrogens with one attached hydrogen (secondary N) is 2. The first-order valence-corrected chi connectivity index (χ1v) is 13.5. The molecule has 0 unspecified atom stereocenters. The maximum absolute atomic E-state index is 13.7. The Bertz CT molecular complexity index is 1560. The summed E-state index contributed by atoms with van der Waals surface area (Å²) in [7, 11) is 0. The van der Waals surface area contributed by atoms with Crippen LogP contribution in [0.3, 0.4) is 0 Å². The van der Waals surface area contributed by atoms with Crippen molar-refractivity contribution >= 4 is 40.5 Å². The van der Waals surface area contributed by atoms with Gasteiger partial charge in [0.15, 0.2) is 11.4 Å². The zero-order chi connectivity index (χ0) is 27.9. The molecule has 1 amide bonds. The molecule has 206 valence electrons. The molecule has 0 spiro atoms. The van der Waals surface area contributed by atoms with E-state index in [2.05, 4.69) is 20.6 Å². The Hall–Kier alpha value is -3.89. The lowest BCUT2D eigenvalue weighted by Gasteiger charge is -2.26. The van der Waals surface area contributed by atoms with Crippen molar-refractivity contribution in [3.63, 3.8) is 0 Å². The lowest BCUT2D eigenvalue weighted by molar-refractivity contribution is 0.0383. The summed E-state index contributed by atoms with van der Waals surface area (Å²) in [6.45, 7) is 4.39. The highest BCUT2D eigenvalue weighted by Gasteiger charge is 2.17. The average Bonchev–Trinajstić information content (AvgIpc) is 2.96. The van der Waals surface area contributed by atoms with E-state index in [4.69, 9.17) is 32.7 Å². The maximum atomic E-state index is 13.7. The van der Waals surface area contributed by atoms with Gasteiger partial charge < -0.3 is 20.1 Å². The minimum Gasteiger partial charge on any atom is -0.453 e. The van der Waals surface area contributed by atoms with Gasteiger partial charge in [0.1, 0.15) is 5.75 Å². The van der Waals surface area contributed by atoms with E-state index >= 15 is 0 Å². The van der Waals surface area contributed by atoms with Gasteiger partial charge in [0, 0.05) is 47.5 Å². The molecule has 2 heterocycles. The molecular weight excluding hydrogens is 553 g/mol.